The molecule has 19 heavy (non-hydrogen) atoms. The molecule has 0 aliphatic carbocycles. The van der Waals surface area contributed by atoms with Crippen LogP contribution >= 0.6 is 7.60 Å². The van der Waals surface area contributed by atoms with Crippen LogP contribution in [0.5, 0.6) is 11.5 Å². The summed E-state index contributed by atoms with van der Waals surface area (Å²) in [4.78, 5) is 0. The van der Waals surface area contributed by atoms with E-state index in [2.05, 4.69) is 0 Å². The van der Waals surface area contributed by atoms with Crippen molar-refractivity contribution in [2.45, 2.75) is 0 Å². The Kier molecular flexibility index (Phi) is 4.61. The first kappa shape index (κ1) is 13.7. The van der Waals surface area contributed by atoms with Gasteiger partial charge in [-0.2, -0.15) is 0 Å². The molecule has 0 bridgehead atoms. The Morgan fingerprint density at radius 1 is 0.842 bits per heavy atom. The quantitative estimate of drug-likeness (QED) is 0.751. The van der Waals surface area contributed by atoms with Crippen molar-refractivity contribution in [3.63, 3.8) is 0 Å². The molecule has 0 saturated heterocycles. The zero-order valence-electron chi connectivity index (χ0n) is 10.6. The van der Waals surface area contributed by atoms with E-state index in [1.165, 1.54) is 7.11 Å². The Morgan fingerprint density at radius 2 is 1.26 bits per heavy atom. The number of hydrogen-bond donors (Lipinski definition) is 0. The third kappa shape index (κ3) is 4.12. The molecule has 0 amide bonds. The predicted octanol–water partition coefficient (Wildman–Crippen LogP) is 3.94. The molecule has 4 nitrogen and oxygen atoms in total. The highest BCUT2D eigenvalue weighted by Gasteiger charge is 2.28. The standard InChI is InChI=1S/C14H15O4P/c1-16-12-19(15,17-13-8-4-2-5-9-13)18-14-10-6-3-7-11-14/h2-11H,12H2,1H3. The highest BCUT2D eigenvalue weighted by atomic mass is 31.2. The number of benzene rings is 2. The lowest BCUT2D eigenvalue weighted by Crippen LogP contribution is -2.06. The minimum atomic E-state index is -3.39. The number of para-hydroxylation sites is 2. The number of methoxy groups -OCH3 is 1. The van der Waals surface area contributed by atoms with Crippen molar-refractivity contribution in [3.8, 4) is 11.5 Å². The van der Waals surface area contributed by atoms with Gasteiger partial charge in [0.15, 0.2) is 6.35 Å². The smallest absolute Gasteiger partial charge is 0.415 e. The molecule has 0 unspecified atom stereocenters. The maximum Gasteiger partial charge on any atom is 0.456 e. The van der Waals surface area contributed by atoms with Gasteiger partial charge >= 0.3 is 7.60 Å². The van der Waals surface area contributed by atoms with E-state index in [-0.39, 0.29) is 6.35 Å². The van der Waals surface area contributed by atoms with E-state index in [9.17, 15) is 4.57 Å². The molecule has 5 heteroatoms. The van der Waals surface area contributed by atoms with E-state index in [4.69, 9.17) is 13.8 Å². The van der Waals surface area contributed by atoms with Crippen molar-refractivity contribution in [1.29, 1.82) is 0 Å². The van der Waals surface area contributed by atoms with Gasteiger partial charge in [-0.05, 0) is 24.3 Å². The molecule has 0 saturated carbocycles. The monoisotopic (exact) mass is 278 g/mol. The van der Waals surface area contributed by atoms with E-state index in [1.54, 1.807) is 48.5 Å². The molecule has 2 rings (SSSR count). The minimum Gasteiger partial charge on any atom is -0.415 e. The van der Waals surface area contributed by atoms with Gasteiger partial charge in [-0.15, -0.1) is 0 Å². The summed E-state index contributed by atoms with van der Waals surface area (Å²) < 4.78 is 28.4. The molecule has 2 aromatic rings. The lowest BCUT2D eigenvalue weighted by Gasteiger charge is -2.19. The van der Waals surface area contributed by atoms with Crippen LogP contribution in [0.3, 0.4) is 0 Å². The predicted molar refractivity (Wildman–Crippen MR) is 73.6 cm³/mol. The van der Waals surface area contributed by atoms with Crippen LogP contribution in [0.1, 0.15) is 0 Å². The molecular weight excluding hydrogens is 263 g/mol. The van der Waals surface area contributed by atoms with Gasteiger partial charge in [-0.25, -0.2) is 4.57 Å². The first-order chi connectivity index (χ1) is 9.22. The van der Waals surface area contributed by atoms with Crippen molar-refractivity contribution in [2.24, 2.45) is 0 Å². The topological polar surface area (TPSA) is 44.8 Å². The summed E-state index contributed by atoms with van der Waals surface area (Å²) in [6, 6.07) is 17.8. The van der Waals surface area contributed by atoms with E-state index >= 15 is 0 Å². The maximum absolute atomic E-state index is 12.6. The molecule has 0 spiro atoms. The molecule has 0 radical (unpaired) electrons. The Hall–Kier alpha value is -1.77. The molecule has 0 atom stereocenters. The number of hydrogen-bond acceptors (Lipinski definition) is 4. The molecule has 0 aliphatic heterocycles. The van der Waals surface area contributed by atoms with Crippen LogP contribution in [-0.4, -0.2) is 13.5 Å². The fourth-order valence-electron chi connectivity index (χ4n) is 1.51. The van der Waals surface area contributed by atoms with Crippen molar-refractivity contribution >= 4 is 7.60 Å². The van der Waals surface area contributed by atoms with Gasteiger partial charge in [-0.1, -0.05) is 36.4 Å². The molecule has 2 aromatic carbocycles. The third-order valence-corrected chi connectivity index (χ3v) is 3.82. The largest absolute Gasteiger partial charge is 0.456 e. The van der Waals surface area contributed by atoms with Crippen LogP contribution in [-0.2, 0) is 9.30 Å². The molecule has 0 fully saturated rings. The van der Waals surface area contributed by atoms with Gasteiger partial charge in [0, 0.05) is 7.11 Å². The van der Waals surface area contributed by atoms with Crippen LogP contribution in [0.15, 0.2) is 60.7 Å². The van der Waals surface area contributed by atoms with E-state index in [1.807, 2.05) is 12.1 Å². The third-order valence-electron chi connectivity index (χ3n) is 2.26. The SMILES string of the molecule is COCP(=O)(Oc1ccccc1)Oc1ccccc1. The summed E-state index contributed by atoms with van der Waals surface area (Å²) in [6.45, 7) is 0. The molecule has 0 aliphatic rings. The Morgan fingerprint density at radius 3 is 1.63 bits per heavy atom. The zero-order chi connectivity index (χ0) is 13.6. The summed E-state index contributed by atoms with van der Waals surface area (Å²) >= 11 is 0. The van der Waals surface area contributed by atoms with Gasteiger partial charge < -0.3 is 13.8 Å². The normalized spacial score (nSPS) is 11.0. The summed E-state index contributed by atoms with van der Waals surface area (Å²) in [6.07, 6.45) is -0.114. The van der Waals surface area contributed by atoms with E-state index in [0.29, 0.717) is 11.5 Å². The fourth-order valence-corrected chi connectivity index (χ4v) is 2.86. The van der Waals surface area contributed by atoms with Crippen LogP contribution in [0, 0.1) is 0 Å². The number of rotatable bonds is 6. The second-order valence-electron chi connectivity index (χ2n) is 3.84. The van der Waals surface area contributed by atoms with Gasteiger partial charge in [0.25, 0.3) is 0 Å². The first-order valence-electron chi connectivity index (χ1n) is 5.79. The Balaban J connectivity index is 2.16. The Labute approximate surface area is 112 Å². The molecule has 0 heterocycles. The average Bonchev–Trinajstić information content (AvgIpc) is 2.41. The van der Waals surface area contributed by atoms with E-state index in [0.717, 1.165) is 0 Å². The van der Waals surface area contributed by atoms with Gasteiger partial charge in [0.2, 0.25) is 0 Å². The molecule has 0 N–H and O–H groups in total. The molecule has 100 valence electrons. The van der Waals surface area contributed by atoms with Crippen LogP contribution in [0.2, 0.25) is 0 Å². The van der Waals surface area contributed by atoms with Crippen LogP contribution < -0.4 is 9.05 Å². The van der Waals surface area contributed by atoms with Crippen molar-refractivity contribution < 1.29 is 18.3 Å². The van der Waals surface area contributed by atoms with Gasteiger partial charge in [-0.3, -0.25) is 0 Å². The minimum absolute atomic E-state index is 0.114. The summed E-state index contributed by atoms with van der Waals surface area (Å²) in [5.41, 5.74) is 0. The lowest BCUT2D eigenvalue weighted by atomic mass is 10.3. The zero-order valence-corrected chi connectivity index (χ0v) is 11.5. The highest BCUT2D eigenvalue weighted by Crippen LogP contribution is 2.48. The van der Waals surface area contributed by atoms with Crippen LogP contribution in [0.25, 0.3) is 0 Å². The van der Waals surface area contributed by atoms with Crippen molar-refractivity contribution in [1.82, 2.24) is 0 Å². The average molecular weight is 278 g/mol. The van der Waals surface area contributed by atoms with E-state index < -0.39 is 7.60 Å². The highest BCUT2D eigenvalue weighted by molar-refractivity contribution is 7.54. The van der Waals surface area contributed by atoms with Crippen molar-refractivity contribution in [3.05, 3.63) is 60.7 Å². The number of ether oxygens (including phenoxy) is 1. The molecule has 0 aromatic heterocycles. The lowest BCUT2D eigenvalue weighted by molar-refractivity contribution is 0.222. The fraction of sp³-hybridized carbons (Fsp3) is 0.143. The molecular formula is C14H15O4P. The second-order valence-corrected chi connectivity index (χ2v) is 5.68. The Bertz CT molecular complexity index is 496. The van der Waals surface area contributed by atoms with Crippen LogP contribution in [0.4, 0.5) is 0 Å². The summed E-state index contributed by atoms with van der Waals surface area (Å²) in [5.74, 6) is 0.970. The summed E-state index contributed by atoms with van der Waals surface area (Å²) in [7, 11) is -1.93. The van der Waals surface area contributed by atoms with Gasteiger partial charge in [0.1, 0.15) is 11.5 Å². The summed E-state index contributed by atoms with van der Waals surface area (Å²) in [5, 5.41) is 0. The van der Waals surface area contributed by atoms with Gasteiger partial charge in [0.05, 0.1) is 0 Å². The maximum atomic E-state index is 12.6. The van der Waals surface area contributed by atoms with Crippen molar-refractivity contribution in [2.75, 3.05) is 13.5 Å². The second kappa shape index (κ2) is 6.41. The first-order valence-corrected chi connectivity index (χ1v) is 7.52.